The number of anilines is 1. The minimum atomic E-state index is -1.12. The smallest absolute Gasteiger partial charge is 0.335 e. The lowest BCUT2D eigenvalue weighted by atomic mass is 9.96. The summed E-state index contributed by atoms with van der Waals surface area (Å²) in [7, 11) is 0. The lowest BCUT2D eigenvalue weighted by molar-refractivity contribution is 0.0695. The van der Waals surface area contributed by atoms with Crippen molar-refractivity contribution >= 4 is 57.9 Å². The van der Waals surface area contributed by atoms with Crippen LogP contribution in [0.15, 0.2) is 24.4 Å². The van der Waals surface area contributed by atoms with Crippen molar-refractivity contribution in [1.29, 1.82) is 0 Å². The summed E-state index contributed by atoms with van der Waals surface area (Å²) in [6.45, 7) is 0. The molecule has 0 saturated heterocycles. The fourth-order valence-electron chi connectivity index (χ4n) is 2.10. The number of nitrogens with zero attached hydrogens (tertiary/aromatic N) is 1. The molecule has 122 valence electrons. The van der Waals surface area contributed by atoms with Crippen molar-refractivity contribution in [3.05, 3.63) is 56.7 Å². The molecule has 0 unspecified atom stereocenters. The van der Waals surface area contributed by atoms with Gasteiger partial charge in [0.15, 0.2) is 0 Å². The number of primary amides is 1. The second-order valence-electron chi connectivity index (χ2n) is 4.49. The molecule has 0 fully saturated rings. The molecular formula is C14H12BrCl2N3O3. The molecule has 0 aliphatic heterocycles. The highest BCUT2D eigenvalue weighted by Gasteiger charge is 2.20. The molecular weight excluding hydrogens is 409 g/mol. The van der Waals surface area contributed by atoms with Gasteiger partial charge in [-0.2, -0.15) is 0 Å². The summed E-state index contributed by atoms with van der Waals surface area (Å²) in [5.41, 5.74) is 11.7. The fourth-order valence-corrected chi connectivity index (χ4v) is 2.50. The molecule has 1 amide bonds. The maximum Gasteiger partial charge on any atom is 0.335 e. The number of aromatic carboxylic acids is 1. The van der Waals surface area contributed by atoms with E-state index in [4.69, 9.17) is 34.7 Å². The predicted octanol–water partition coefficient (Wildman–Crippen LogP) is 2.94. The van der Waals surface area contributed by atoms with Crippen LogP contribution in [0.5, 0.6) is 0 Å². The van der Waals surface area contributed by atoms with Gasteiger partial charge in [-0.05, 0) is 29.3 Å². The Balaban J connectivity index is 0.00000264. The number of carboxylic acids is 1. The number of nitrogen functional groups attached to an aromatic ring is 1. The van der Waals surface area contributed by atoms with Crippen molar-refractivity contribution in [3.63, 3.8) is 0 Å². The van der Waals surface area contributed by atoms with Gasteiger partial charge < -0.3 is 16.6 Å². The lowest BCUT2D eigenvalue weighted by Crippen LogP contribution is -2.18. The van der Waals surface area contributed by atoms with Gasteiger partial charge in [-0.15, -0.1) is 17.0 Å². The summed E-state index contributed by atoms with van der Waals surface area (Å²) in [5, 5.41) is 9.76. The van der Waals surface area contributed by atoms with Gasteiger partial charge in [0.05, 0.1) is 16.1 Å². The number of rotatable bonds is 4. The molecule has 0 atom stereocenters. The van der Waals surface area contributed by atoms with Crippen LogP contribution in [-0.2, 0) is 6.42 Å². The molecule has 2 rings (SSSR count). The number of halogens is 3. The zero-order chi connectivity index (χ0) is 16.4. The Kier molecular flexibility index (Phi) is 6.37. The maximum absolute atomic E-state index is 11.6. The number of carbonyl (C=O) groups is 2. The van der Waals surface area contributed by atoms with E-state index < -0.39 is 11.9 Å². The number of nitrogens with two attached hydrogens (primary N) is 2. The summed E-state index contributed by atoms with van der Waals surface area (Å²) >= 11 is 12.0. The van der Waals surface area contributed by atoms with E-state index in [9.17, 15) is 14.7 Å². The molecule has 0 spiro atoms. The zero-order valence-corrected chi connectivity index (χ0v) is 14.8. The van der Waals surface area contributed by atoms with Gasteiger partial charge in [-0.3, -0.25) is 4.79 Å². The Morgan fingerprint density at radius 1 is 1.26 bits per heavy atom. The van der Waals surface area contributed by atoms with E-state index in [1.54, 1.807) is 0 Å². The molecule has 2 aromatic rings. The van der Waals surface area contributed by atoms with Crippen molar-refractivity contribution < 1.29 is 14.7 Å². The third kappa shape index (κ3) is 4.13. The van der Waals surface area contributed by atoms with Crippen LogP contribution >= 0.6 is 40.2 Å². The molecule has 0 aliphatic rings. The monoisotopic (exact) mass is 419 g/mol. The highest BCUT2D eigenvalue weighted by Crippen LogP contribution is 2.28. The second kappa shape index (κ2) is 7.63. The van der Waals surface area contributed by atoms with Crippen molar-refractivity contribution in [2.75, 3.05) is 5.73 Å². The molecule has 9 heteroatoms. The summed E-state index contributed by atoms with van der Waals surface area (Å²) < 4.78 is 0. The maximum atomic E-state index is 11.6. The van der Waals surface area contributed by atoms with Gasteiger partial charge in [0, 0.05) is 17.6 Å². The topological polar surface area (TPSA) is 119 Å². The Bertz CT molecular complexity index is 784. The molecule has 23 heavy (non-hydrogen) atoms. The van der Waals surface area contributed by atoms with Crippen LogP contribution in [0.3, 0.4) is 0 Å². The standard InChI is InChI=1S/C14H11Cl2N3O3.BrH/c15-7-1-2-8(14(21)22)6(3-7)4-9-10(16)5-19-12(17)11(9)13(18)20;/h1-3,5H,4H2,(H2,17,19)(H2,18,20)(H,21,22);1H. The van der Waals surface area contributed by atoms with E-state index in [0.717, 1.165) is 0 Å². The number of carboxylic acid groups (broad SMARTS) is 1. The normalized spacial score (nSPS) is 10.0. The SMILES string of the molecule is Br.NC(=O)c1c(N)ncc(Cl)c1Cc1cc(Cl)ccc1C(=O)O. The Morgan fingerprint density at radius 3 is 2.48 bits per heavy atom. The number of amides is 1. The number of benzene rings is 1. The Hall–Kier alpha value is -1.83. The van der Waals surface area contributed by atoms with E-state index in [0.29, 0.717) is 16.1 Å². The molecule has 5 N–H and O–H groups in total. The van der Waals surface area contributed by atoms with Gasteiger partial charge in [0.1, 0.15) is 5.82 Å². The minimum absolute atomic E-state index is 0. The van der Waals surface area contributed by atoms with Crippen LogP contribution in [0.1, 0.15) is 31.8 Å². The van der Waals surface area contributed by atoms with Gasteiger partial charge >= 0.3 is 5.97 Å². The van der Waals surface area contributed by atoms with E-state index in [-0.39, 0.29) is 45.4 Å². The van der Waals surface area contributed by atoms with Crippen molar-refractivity contribution in [2.24, 2.45) is 5.73 Å². The van der Waals surface area contributed by atoms with Gasteiger partial charge in [-0.25, -0.2) is 9.78 Å². The molecule has 0 radical (unpaired) electrons. The molecule has 0 saturated carbocycles. The minimum Gasteiger partial charge on any atom is -0.478 e. The summed E-state index contributed by atoms with van der Waals surface area (Å²) in [5.74, 6) is -1.97. The summed E-state index contributed by atoms with van der Waals surface area (Å²) in [6, 6.07) is 4.33. The average molecular weight is 421 g/mol. The number of aromatic nitrogens is 1. The first-order chi connectivity index (χ1) is 10.3. The first kappa shape index (κ1) is 19.2. The van der Waals surface area contributed by atoms with Crippen LogP contribution in [0.25, 0.3) is 0 Å². The van der Waals surface area contributed by atoms with Crippen molar-refractivity contribution in [3.8, 4) is 0 Å². The third-order valence-electron chi connectivity index (χ3n) is 3.07. The quantitative estimate of drug-likeness (QED) is 0.702. The Labute approximate surface area is 152 Å². The molecule has 1 heterocycles. The van der Waals surface area contributed by atoms with Gasteiger partial charge in [0.2, 0.25) is 0 Å². The molecule has 1 aromatic carbocycles. The molecule has 0 bridgehead atoms. The zero-order valence-electron chi connectivity index (χ0n) is 11.5. The third-order valence-corrected chi connectivity index (χ3v) is 3.64. The average Bonchev–Trinajstić information content (AvgIpc) is 2.42. The van der Waals surface area contributed by atoms with Crippen LogP contribution in [0.2, 0.25) is 10.0 Å². The van der Waals surface area contributed by atoms with Crippen molar-refractivity contribution in [1.82, 2.24) is 4.98 Å². The Morgan fingerprint density at radius 2 is 1.91 bits per heavy atom. The molecule has 0 aliphatic carbocycles. The second-order valence-corrected chi connectivity index (χ2v) is 5.34. The van der Waals surface area contributed by atoms with E-state index in [2.05, 4.69) is 4.98 Å². The first-order valence-corrected chi connectivity index (χ1v) is 6.81. The van der Waals surface area contributed by atoms with E-state index in [1.807, 2.05) is 0 Å². The molecule has 1 aromatic heterocycles. The van der Waals surface area contributed by atoms with E-state index >= 15 is 0 Å². The number of hydrogen-bond donors (Lipinski definition) is 3. The summed E-state index contributed by atoms with van der Waals surface area (Å²) in [4.78, 5) is 26.6. The van der Waals surface area contributed by atoms with E-state index in [1.165, 1.54) is 24.4 Å². The first-order valence-electron chi connectivity index (χ1n) is 6.05. The predicted molar refractivity (Wildman–Crippen MR) is 93.7 cm³/mol. The highest BCUT2D eigenvalue weighted by atomic mass is 79.9. The highest BCUT2D eigenvalue weighted by molar-refractivity contribution is 8.93. The number of carbonyl (C=O) groups excluding carboxylic acids is 1. The van der Waals surface area contributed by atoms with Crippen LogP contribution in [-0.4, -0.2) is 22.0 Å². The lowest BCUT2D eigenvalue weighted by Gasteiger charge is -2.13. The van der Waals surface area contributed by atoms with Crippen LogP contribution < -0.4 is 11.5 Å². The fraction of sp³-hybridized carbons (Fsp3) is 0.0714. The van der Waals surface area contributed by atoms with Crippen LogP contribution in [0, 0.1) is 0 Å². The number of hydrogen-bond acceptors (Lipinski definition) is 4. The van der Waals surface area contributed by atoms with Crippen molar-refractivity contribution in [2.45, 2.75) is 6.42 Å². The van der Waals surface area contributed by atoms with Gasteiger partial charge in [-0.1, -0.05) is 23.2 Å². The largest absolute Gasteiger partial charge is 0.478 e. The van der Waals surface area contributed by atoms with Crippen LogP contribution in [0.4, 0.5) is 5.82 Å². The summed E-state index contributed by atoms with van der Waals surface area (Å²) in [6.07, 6.45) is 1.32. The number of pyridine rings is 1. The molecule has 6 nitrogen and oxygen atoms in total. The van der Waals surface area contributed by atoms with Gasteiger partial charge in [0.25, 0.3) is 5.91 Å².